The minimum absolute atomic E-state index is 0. The topological polar surface area (TPSA) is 26.0 Å². The van der Waals surface area contributed by atoms with Crippen molar-refractivity contribution in [1.82, 2.24) is 0 Å². The third-order valence-electron chi connectivity index (χ3n) is 2.81. The molecule has 0 unspecified atom stereocenters. The summed E-state index contributed by atoms with van der Waals surface area (Å²) in [5.41, 5.74) is 9.99. The summed E-state index contributed by atoms with van der Waals surface area (Å²) in [6.45, 7) is 2.11. The van der Waals surface area contributed by atoms with Gasteiger partial charge in [-0.25, -0.2) is 0 Å². The highest BCUT2D eigenvalue weighted by Crippen LogP contribution is 2.32. The maximum absolute atomic E-state index is 6.03. The quantitative estimate of drug-likeness (QED) is 0.728. The van der Waals surface area contributed by atoms with Gasteiger partial charge in [0.1, 0.15) is 0 Å². The Kier molecular flexibility index (Phi) is 3.82. The van der Waals surface area contributed by atoms with Crippen LogP contribution in [0.3, 0.4) is 0 Å². The van der Waals surface area contributed by atoms with Crippen molar-refractivity contribution >= 4 is 24.0 Å². The fraction of sp³-hybridized carbons (Fsp3) is 0.455. The average Bonchev–Trinajstić information content (AvgIpc) is 2.07. The molecule has 1 atom stereocenters. The first kappa shape index (κ1) is 11.8. The molecule has 0 spiro atoms. The van der Waals surface area contributed by atoms with Gasteiger partial charge >= 0.3 is 0 Å². The maximum Gasteiger partial charge on any atom is 0.0412 e. The standard InChI is InChI=1S/C11H14ClN.ClH/c1-7-5-8(12)6-10-9(7)3-2-4-11(10)13;/h5-6,11H,2-4,13H2,1H3;1H/t11-;/m0./s1. The molecule has 0 aromatic heterocycles. The number of nitrogens with two attached hydrogens (primary N) is 1. The smallest absolute Gasteiger partial charge is 0.0412 e. The summed E-state index contributed by atoms with van der Waals surface area (Å²) >= 11 is 5.99. The van der Waals surface area contributed by atoms with Crippen LogP contribution >= 0.6 is 24.0 Å². The Labute approximate surface area is 96.0 Å². The summed E-state index contributed by atoms with van der Waals surface area (Å²) in [7, 11) is 0. The number of aryl methyl sites for hydroxylation is 1. The van der Waals surface area contributed by atoms with Crippen LogP contribution in [0.4, 0.5) is 0 Å². The van der Waals surface area contributed by atoms with Crippen LogP contribution in [0.15, 0.2) is 12.1 Å². The second kappa shape index (κ2) is 4.52. The Hall–Kier alpha value is -0.240. The Morgan fingerprint density at radius 2 is 2.14 bits per heavy atom. The molecule has 0 bridgehead atoms. The summed E-state index contributed by atoms with van der Waals surface area (Å²) < 4.78 is 0. The summed E-state index contributed by atoms with van der Waals surface area (Å²) in [4.78, 5) is 0. The molecule has 1 aromatic rings. The normalized spacial score (nSPS) is 19.8. The Bertz CT molecular complexity index is 336. The highest BCUT2D eigenvalue weighted by molar-refractivity contribution is 6.30. The number of rotatable bonds is 0. The molecule has 2 rings (SSSR count). The Morgan fingerprint density at radius 1 is 1.43 bits per heavy atom. The SMILES string of the molecule is Cc1cc(Cl)cc2c1CCC[C@@H]2N.Cl. The first-order valence-corrected chi connectivity index (χ1v) is 5.11. The van der Waals surface area contributed by atoms with Crippen LogP contribution in [0.25, 0.3) is 0 Å². The van der Waals surface area contributed by atoms with E-state index in [0.717, 1.165) is 17.9 Å². The highest BCUT2D eigenvalue weighted by Gasteiger charge is 2.18. The second-order valence-electron chi connectivity index (χ2n) is 3.79. The van der Waals surface area contributed by atoms with E-state index in [1.54, 1.807) is 0 Å². The largest absolute Gasteiger partial charge is 0.324 e. The molecule has 3 heteroatoms. The molecule has 0 radical (unpaired) electrons. The van der Waals surface area contributed by atoms with Crippen molar-refractivity contribution < 1.29 is 0 Å². The fourth-order valence-electron chi connectivity index (χ4n) is 2.13. The molecule has 0 saturated heterocycles. The second-order valence-corrected chi connectivity index (χ2v) is 4.23. The zero-order chi connectivity index (χ0) is 9.42. The van der Waals surface area contributed by atoms with E-state index in [1.807, 2.05) is 12.1 Å². The molecule has 0 aliphatic heterocycles. The lowest BCUT2D eigenvalue weighted by Crippen LogP contribution is -2.18. The van der Waals surface area contributed by atoms with Crippen LogP contribution in [0.2, 0.25) is 5.02 Å². The molecule has 0 saturated carbocycles. The van der Waals surface area contributed by atoms with Crippen molar-refractivity contribution in [3.63, 3.8) is 0 Å². The third kappa shape index (κ3) is 2.05. The van der Waals surface area contributed by atoms with Gasteiger partial charge < -0.3 is 5.73 Å². The van der Waals surface area contributed by atoms with Gasteiger partial charge in [-0.15, -0.1) is 12.4 Å². The van der Waals surface area contributed by atoms with Gasteiger partial charge in [0.25, 0.3) is 0 Å². The van der Waals surface area contributed by atoms with Crippen LogP contribution in [-0.4, -0.2) is 0 Å². The van der Waals surface area contributed by atoms with Crippen LogP contribution < -0.4 is 5.73 Å². The fourth-order valence-corrected chi connectivity index (χ4v) is 2.41. The van der Waals surface area contributed by atoms with Crippen molar-refractivity contribution in [3.8, 4) is 0 Å². The number of hydrogen-bond acceptors (Lipinski definition) is 1. The average molecular weight is 232 g/mol. The molecule has 78 valence electrons. The third-order valence-corrected chi connectivity index (χ3v) is 3.03. The maximum atomic E-state index is 6.03. The summed E-state index contributed by atoms with van der Waals surface area (Å²) in [5, 5.41) is 0.814. The predicted molar refractivity (Wildman–Crippen MR) is 63.3 cm³/mol. The van der Waals surface area contributed by atoms with Crippen LogP contribution in [0.1, 0.15) is 35.6 Å². The van der Waals surface area contributed by atoms with Crippen molar-refractivity contribution in [2.75, 3.05) is 0 Å². The Morgan fingerprint density at radius 3 is 2.86 bits per heavy atom. The molecule has 2 N–H and O–H groups in total. The van der Waals surface area contributed by atoms with Gasteiger partial charge in [0, 0.05) is 11.1 Å². The first-order valence-electron chi connectivity index (χ1n) is 4.73. The van der Waals surface area contributed by atoms with E-state index >= 15 is 0 Å². The predicted octanol–water partition coefficient (Wildman–Crippen LogP) is 3.41. The lowest BCUT2D eigenvalue weighted by atomic mass is 9.86. The zero-order valence-electron chi connectivity index (χ0n) is 8.22. The molecular weight excluding hydrogens is 217 g/mol. The van der Waals surface area contributed by atoms with Crippen LogP contribution in [0.5, 0.6) is 0 Å². The van der Waals surface area contributed by atoms with Gasteiger partial charge in [-0.3, -0.25) is 0 Å². The van der Waals surface area contributed by atoms with E-state index in [0.29, 0.717) is 0 Å². The molecule has 1 aliphatic carbocycles. The summed E-state index contributed by atoms with van der Waals surface area (Å²) in [6.07, 6.45) is 3.45. The van der Waals surface area contributed by atoms with Crippen molar-refractivity contribution in [3.05, 3.63) is 33.8 Å². The number of halogens is 2. The van der Waals surface area contributed by atoms with Crippen molar-refractivity contribution in [2.24, 2.45) is 5.73 Å². The number of fused-ring (bicyclic) bond motifs is 1. The highest BCUT2D eigenvalue weighted by atomic mass is 35.5. The van der Waals surface area contributed by atoms with Crippen molar-refractivity contribution in [1.29, 1.82) is 0 Å². The van der Waals surface area contributed by atoms with Crippen molar-refractivity contribution in [2.45, 2.75) is 32.2 Å². The van der Waals surface area contributed by atoms with Gasteiger partial charge in [0.2, 0.25) is 0 Å². The lowest BCUT2D eigenvalue weighted by molar-refractivity contribution is 0.568. The van der Waals surface area contributed by atoms with E-state index in [1.165, 1.54) is 23.1 Å². The molecule has 1 aromatic carbocycles. The zero-order valence-corrected chi connectivity index (χ0v) is 9.79. The molecular formula is C11H15Cl2N. The molecule has 0 amide bonds. The van der Waals surface area contributed by atoms with Gasteiger partial charge in [-0.05, 0) is 55.0 Å². The molecule has 0 heterocycles. The summed E-state index contributed by atoms with van der Waals surface area (Å²) in [6, 6.07) is 4.24. The van der Waals surface area contributed by atoms with Crippen LogP contribution in [-0.2, 0) is 6.42 Å². The summed E-state index contributed by atoms with van der Waals surface area (Å²) in [5.74, 6) is 0. The van der Waals surface area contributed by atoms with E-state index in [-0.39, 0.29) is 18.4 Å². The van der Waals surface area contributed by atoms with Gasteiger partial charge in [0.05, 0.1) is 0 Å². The number of benzene rings is 1. The molecule has 1 aliphatic rings. The minimum Gasteiger partial charge on any atom is -0.324 e. The van der Waals surface area contributed by atoms with E-state index in [4.69, 9.17) is 17.3 Å². The lowest BCUT2D eigenvalue weighted by Gasteiger charge is -2.24. The molecule has 14 heavy (non-hydrogen) atoms. The Balaban J connectivity index is 0.000000980. The van der Waals surface area contributed by atoms with Gasteiger partial charge in [-0.1, -0.05) is 11.6 Å². The number of hydrogen-bond donors (Lipinski definition) is 1. The molecule has 0 fully saturated rings. The minimum atomic E-state index is 0. The first-order chi connectivity index (χ1) is 6.18. The monoisotopic (exact) mass is 231 g/mol. The van der Waals surface area contributed by atoms with E-state index < -0.39 is 0 Å². The van der Waals surface area contributed by atoms with E-state index in [2.05, 4.69) is 6.92 Å². The van der Waals surface area contributed by atoms with Crippen LogP contribution in [0, 0.1) is 6.92 Å². The van der Waals surface area contributed by atoms with Gasteiger partial charge in [0.15, 0.2) is 0 Å². The van der Waals surface area contributed by atoms with Gasteiger partial charge in [-0.2, -0.15) is 0 Å². The molecule has 1 nitrogen and oxygen atoms in total. The van der Waals surface area contributed by atoms with E-state index in [9.17, 15) is 0 Å².